The normalized spacial score (nSPS) is 34.2. The fourth-order valence-electron chi connectivity index (χ4n) is 2.64. The Balaban J connectivity index is 1.80. The highest BCUT2D eigenvalue weighted by atomic mass is 16.1. The quantitative estimate of drug-likeness (QED) is 0.694. The van der Waals surface area contributed by atoms with Crippen molar-refractivity contribution in [1.29, 1.82) is 0 Å². The summed E-state index contributed by atoms with van der Waals surface area (Å²) in [4.78, 5) is 10.9. The molecule has 1 N–H and O–H groups in total. The predicted octanol–water partition coefficient (Wildman–Crippen LogP) is 2.09. The van der Waals surface area contributed by atoms with E-state index < -0.39 is 0 Å². The zero-order valence-electron chi connectivity index (χ0n) is 8.38. The van der Waals surface area contributed by atoms with E-state index >= 15 is 0 Å². The van der Waals surface area contributed by atoms with Gasteiger partial charge in [-0.15, -0.1) is 0 Å². The summed E-state index contributed by atoms with van der Waals surface area (Å²) in [7, 11) is 0. The van der Waals surface area contributed by atoms with E-state index in [4.69, 9.17) is 0 Å². The van der Waals surface area contributed by atoms with Crippen molar-refractivity contribution in [2.24, 2.45) is 11.8 Å². The van der Waals surface area contributed by atoms with Gasteiger partial charge in [-0.2, -0.15) is 0 Å². The minimum atomic E-state index is 0.140. The maximum Gasteiger partial charge on any atom is 0.217 e. The molecule has 2 rings (SSSR count). The summed E-state index contributed by atoms with van der Waals surface area (Å²) < 4.78 is 0. The molecule has 2 aliphatic carbocycles. The number of carbonyl (C=O) groups is 1. The monoisotopic (exact) mass is 181 g/mol. The Hall–Kier alpha value is -0.530. The molecule has 0 aromatic rings. The molecule has 2 fully saturated rings. The molecule has 2 aliphatic rings. The van der Waals surface area contributed by atoms with Gasteiger partial charge in [-0.25, -0.2) is 0 Å². The van der Waals surface area contributed by atoms with E-state index in [0.717, 1.165) is 11.8 Å². The van der Waals surface area contributed by atoms with Crippen molar-refractivity contribution >= 4 is 5.91 Å². The summed E-state index contributed by atoms with van der Waals surface area (Å²) in [6, 6.07) is 0.483. The van der Waals surface area contributed by atoms with Gasteiger partial charge in [-0.1, -0.05) is 12.8 Å². The lowest BCUT2D eigenvalue weighted by Crippen LogP contribution is -2.37. The van der Waals surface area contributed by atoms with Gasteiger partial charge in [0.05, 0.1) is 0 Å². The Morgan fingerprint density at radius 2 is 1.92 bits per heavy atom. The highest BCUT2D eigenvalue weighted by Gasteiger charge is 2.34. The molecule has 0 heterocycles. The topological polar surface area (TPSA) is 29.1 Å². The highest BCUT2D eigenvalue weighted by Crippen LogP contribution is 2.43. The van der Waals surface area contributed by atoms with E-state index in [9.17, 15) is 4.79 Å². The first-order chi connectivity index (χ1) is 6.25. The van der Waals surface area contributed by atoms with Crippen LogP contribution in [-0.2, 0) is 4.79 Å². The molecule has 13 heavy (non-hydrogen) atoms. The molecule has 2 nitrogen and oxygen atoms in total. The van der Waals surface area contributed by atoms with Crippen LogP contribution >= 0.6 is 0 Å². The Bertz CT molecular complexity index is 198. The fourth-order valence-corrected chi connectivity index (χ4v) is 2.64. The zero-order chi connectivity index (χ0) is 9.26. The third kappa shape index (κ3) is 2.45. The molecule has 2 atom stereocenters. The standard InChI is InChI=1S/C11H19NO/c1-8(13)12-11-4-2-3-10(7-11)9-5-6-9/h9-11H,2-7H2,1H3,(H,12,13). The lowest BCUT2D eigenvalue weighted by molar-refractivity contribution is -0.120. The van der Waals surface area contributed by atoms with Crippen molar-refractivity contribution in [1.82, 2.24) is 5.32 Å². The average molecular weight is 181 g/mol. The second-order valence-electron chi connectivity index (χ2n) is 4.66. The van der Waals surface area contributed by atoms with Crippen molar-refractivity contribution in [3.63, 3.8) is 0 Å². The Labute approximate surface area is 80.1 Å². The number of amides is 1. The smallest absolute Gasteiger partial charge is 0.217 e. The van der Waals surface area contributed by atoms with E-state index in [1.54, 1.807) is 6.92 Å². The molecular formula is C11H19NO. The van der Waals surface area contributed by atoms with Gasteiger partial charge in [-0.3, -0.25) is 4.79 Å². The number of carbonyl (C=O) groups excluding carboxylic acids is 1. The molecule has 0 aromatic carbocycles. The summed E-state index contributed by atoms with van der Waals surface area (Å²) >= 11 is 0. The molecule has 1 amide bonds. The number of hydrogen-bond acceptors (Lipinski definition) is 1. The second-order valence-corrected chi connectivity index (χ2v) is 4.66. The van der Waals surface area contributed by atoms with Crippen LogP contribution in [0.3, 0.4) is 0 Å². The summed E-state index contributed by atoms with van der Waals surface area (Å²) in [6.45, 7) is 1.63. The zero-order valence-corrected chi connectivity index (χ0v) is 8.38. The van der Waals surface area contributed by atoms with Gasteiger partial charge in [0, 0.05) is 13.0 Å². The molecule has 0 aliphatic heterocycles. The minimum absolute atomic E-state index is 0.140. The molecule has 0 radical (unpaired) electrons. The number of nitrogens with one attached hydrogen (secondary N) is 1. The van der Waals surface area contributed by atoms with E-state index in [1.807, 2.05) is 0 Å². The summed E-state index contributed by atoms with van der Waals surface area (Å²) in [5.74, 6) is 2.07. The molecule has 2 unspecified atom stereocenters. The lowest BCUT2D eigenvalue weighted by atomic mass is 9.83. The SMILES string of the molecule is CC(=O)NC1CCCC(C2CC2)C1. The van der Waals surface area contributed by atoms with Gasteiger partial charge < -0.3 is 5.32 Å². The minimum Gasteiger partial charge on any atom is -0.354 e. The molecule has 0 saturated heterocycles. The van der Waals surface area contributed by atoms with Gasteiger partial charge in [0.1, 0.15) is 0 Å². The number of rotatable bonds is 2. The van der Waals surface area contributed by atoms with Crippen LogP contribution in [0.2, 0.25) is 0 Å². The number of hydrogen-bond donors (Lipinski definition) is 1. The average Bonchev–Trinajstić information content (AvgIpc) is 2.85. The van der Waals surface area contributed by atoms with Crippen LogP contribution in [0.5, 0.6) is 0 Å². The predicted molar refractivity (Wildman–Crippen MR) is 52.3 cm³/mol. The van der Waals surface area contributed by atoms with E-state index in [1.165, 1.54) is 38.5 Å². The maximum absolute atomic E-state index is 10.9. The molecule has 0 bridgehead atoms. The lowest BCUT2D eigenvalue weighted by Gasteiger charge is -2.29. The van der Waals surface area contributed by atoms with Gasteiger partial charge in [0.15, 0.2) is 0 Å². The van der Waals surface area contributed by atoms with Gasteiger partial charge in [0.25, 0.3) is 0 Å². The third-order valence-electron chi connectivity index (χ3n) is 3.41. The Morgan fingerprint density at radius 3 is 2.54 bits per heavy atom. The fraction of sp³-hybridized carbons (Fsp3) is 0.909. The maximum atomic E-state index is 10.9. The van der Waals surface area contributed by atoms with Crippen LogP contribution < -0.4 is 5.32 Å². The van der Waals surface area contributed by atoms with E-state index in [0.29, 0.717) is 6.04 Å². The Morgan fingerprint density at radius 1 is 1.15 bits per heavy atom. The van der Waals surface area contributed by atoms with Crippen molar-refractivity contribution < 1.29 is 4.79 Å². The van der Waals surface area contributed by atoms with Gasteiger partial charge in [-0.05, 0) is 37.5 Å². The second kappa shape index (κ2) is 3.69. The van der Waals surface area contributed by atoms with E-state index in [2.05, 4.69) is 5.32 Å². The van der Waals surface area contributed by atoms with Crippen LogP contribution in [0, 0.1) is 11.8 Å². The van der Waals surface area contributed by atoms with Crippen LogP contribution in [0.1, 0.15) is 45.4 Å². The molecule has 2 saturated carbocycles. The van der Waals surface area contributed by atoms with Crippen molar-refractivity contribution in [2.45, 2.75) is 51.5 Å². The van der Waals surface area contributed by atoms with Gasteiger partial charge >= 0.3 is 0 Å². The van der Waals surface area contributed by atoms with Crippen LogP contribution in [0.15, 0.2) is 0 Å². The highest BCUT2D eigenvalue weighted by molar-refractivity contribution is 5.73. The van der Waals surface area contributed by atoms with Crippen LogP contribution in [0.25, 0.3) is 0 Å². The third-order valence-corrected chi connectivity index (χ3v) is 3.41. The van der Waals surface area contributed by atoms with Crippen molar-refractivity contribution in [3.05, 3.63) is 0 Å². The first-order valence-electron chi connectivity index (χ1n) is 5.53. The molecule has 0 aromatic heterocycles. The molecule has 0 spiro atoms. The first-order valence-corrected chi connectivity index (χ1v) is 5.53. The molecular weight excluding hydrogens is 162 g/mol. The van der Waals surface area contributed by atoms with E-state index in [-0.39, 0.29) is 5.91 Å². The van der Waals surface area contributed by atoms with Crippen LogP contribution in [0.4, 0.5) is 0 Å². The largest absolute Gasteiger partial charge is 0.354 e. The van der Waals surface area contributed by atoms with Crippen molar-refractivity contribution in [2.75, 3.05) is 0 Å². The first kappa shape index (κ1) is 9.04. The molecule has 2 heteroatoms. The van der Waals surface area contributed by atoms with Gasteiger partial charge in [0.2, 0.25) is 5.91 Å². The summed E-state index contributed by atoms with van der Waals surface area (Å²) in [6.07, 6.45) is 8.04. The summed E-state index contributed by atoms with van der Waals surface area (Å²) in [5, 5.41) is 3.06. The van der Waals surface area contributed by atoms with Crippen LogP contribution in [-0.4, -0.2) is 11.9 Å². The van der Waals surface area contributed by atoms with Crippen molar-refractivity contribution in [3.8, 4) is 0 Å². The Kier molecular flexibility index (Phi) is 2.56. The molecule has 74 valence electrons. The summed E-state index contributed by atoms with van der Waals surface area (Å²) in [5.41, 5.74) is 0.